The van der Waals surface area contributed by atoms with Crippen molar-refractivity contribution in [2.75, 3.05) is 12.0 Å². The zero-order chi connectivity index (χ0) is 15.0. The minimum atomic E-state index is -3.28. The minimum Gasteiger partial charge on any atom is -0.398 e. The highest BCUT2D eigenvalue weighted by Crippen LogP contribution is 2.32. The van der Waals surface area contributed by atoms with E-state index in [9.17, 15) is 8.42 Å². The van der Waals surface area contributed by atoms with Crippen LogP contribution in [0.3, 0.4) is 0 Å². The van der Waals surface area contributed by atoms with Crippen molar-refractivity contribution in [3.05, 3.63) is 54.7 Å². The van der Waals surface area contributed by atoms with Gasteiger partial charge in [0.05, 0.1) is 10.4 Å². The molecule has 0 unspecified atom stereocenters. The van der Waals surface area contributed by atoms with Gasteiger partial charge in [-0.15, -0.1) is 0 Å². The molecule has 1 aromatic heterocycles. The lowest BCUT2D eigenvalue weighted by Gasteiger charge is -2.10. The van der Waals surface area contributed by atoms with E-state index in [0.717, 1.165) is 16.5 Å². The molecule has 0 aliphatic rings. The Balaban J connectivity index is 2.33. The van der Waals surface area contributed by atoms with E-state index in [2.05, 4.69) is 4.98 Å². The standard InChI is InChI=1S/C16H14N2O2S/c1-21(19,20)12-7-8-15(17)14(10-12)13-6-2-4-11-5-3-9-18-16(11)13/h2-10H,17H2,1H3. The molecule has 3 aromatic rings. The fourth-order valence-corrected chi connectivity index (χ4v) is 2.97. The summed E-state index contributed by atoms with van der Waals surface area (Å²) in [6, 6.07) is 14.3. The van der Waals surface area contributed by atoms with E-state index in [-0.39, 0.29) is 4.90 Å². The number of anilines is 1. The largest absolute Gasteiger partial charge is 0.398 e. The Hall–Kier alpha value is -2.40. The quantitative estimate of drug-likeness (QED) is 0.738. The lowest BCUT2D eigenvalue weighted by atomic mass is 10.0. The maximum absolute atomic E-state index is 11.7. The molecular formula is C16H14N2O2S. The van der Waals surface area contributed by atoms with Crippen molar-refractivity contribution in [1.29, 1.82) is 0 Å². The second kappa shape index (κ2) is 4.86. The normalized spacial score (nSPS) is 11.7. The maximum atomic E-state index is 11.7. The first-order chi connectivity index (χ1) is 9.97. The number of hydrogen-bond donors (Lipinski definition) is 1. The van der Waals surface area contributed by atoms with Gasteiger partial charge in [0.15, 0.2) is 9.84 Å². The van der Waals surface area contributed by atoms with E-state index in [0.29, 0.717) is 11.3 Å². The smallest absolute Gasteiger partial charge is 0.175 e. The molecule has 2 aromatic carbocycles. The number of para-hydroxylation sites is 1. The van der Waals surface area contributed by atoms with Crippen molar-refractivity contribution < 1.29 is 8.42 Å². The summed E-state index contributed by atoms with van der Waals surface area (Å²) >= 11 is 0. The first kappa shape index (κ1) is 13.6. The fraction of sp³-hybridized carbons (Fsp3) is 0.0625. The average Bonchev–Trinajstić information content (AvgIpc) is 2.46. The van der Waals surface area contributed by atoms with E-state index >= 15 is 0 Å². The predicted octanol–water partition coefficient (Wildman–Crippen LogP) is 2.89. The summed E-state index contributed by atoms with van der Waals surface area (Å²) in [4.78, 5) is 4.64. The summed E-state index contributed by atoms with van der Waals surface area (Å²) < 4.78 is 23.5. The summed E-state index contributed by atoms with van der Waals surface area (Å²) in [6.07, 6.45) is 2.89. The highest BCUT2D eigenvalue weighted by Gasteiger charge is 2.13. The van der Waals surface area contributed by atoms with E-state index in [1.54, 1.807) is 18.3 Å². The van der Waals surface area contributed by atoms with Gasteiger partial charge >= 0.3 is 0 Å². The Kier molecular flexibility index (Phi) is 3.14. The van der Waals surface area contributed by atoms with Crippen LogP contribution in [0.15, 0.2) is 59.6 Å². The summed E-state index contributed by atoms with van der Waals surface area (Å²) in [5, 5.41) is 0.985. The van der Waals surface area contributed by atoms with Crippen LogP contribution in [-0.2, 0) is 9.84 Å². The van der Waals surface area contributed by atoms with Crippen LogP contribution in [0.4, 0.5) is 5.69 Å². The van der Waals surface area contributed by atoms with Gasteiger partial charge in [0.2, 0.25) is 0 Å². The second-order valence-electron chi connectivity index (χ2n) is 4.90. The summed E-state index contributed by atoms with van der Waals surface area (Å²) in [6.45, 7) is 0. The van der Waals surface area contributed by atoms with Gasteiger partial charge in [-0.1, -0.05) is 24.3 Å². The number of aromatic nitrogens is 1. The Morgan fingerprint density at radius 2 is 1.76 bits per heavy atom. The van der Waals surface area contributed by atoms with Crippen molar-refractivity contribution in [2.24, 2.45) is 0 Å². The van der Waals surface area contributed by atoms with Crippen LogP contribution in [0, 0.1) is 0 Å². The molecule has 0 atom stereocenters. The van der Waals surface area contributed by atoms with Gasteiger partial charge in [0.25, 0.3) is 0 Å². The van der Waals surface area contributed by atoms with Crippen LogP contribution in [0.2, 0.25) is 0 Å². The second-order valence-corrected chi connectivity index (χ2v) is 6.92. The van der Waals surface area contributed by atoms with Gasteiger partial charge in [0, 0.05) is 34.7 Å². The summed E-state index contributed by atoms with van der Waals surface area (Å²) in [5.74, 6) is 0. The first-order valence-corrected chi connectivity index (χ1v) is 8.29. The monoisotopic (exact) mass is 298 g/mol. The van der Waals surface area contributed by atoms with Crippen LogP contribution in [0.25, 0.3) is 22.0 Å². The molecule has 5 heteroatoms. The first-order valence-electron chi connectivity index (χ1n) is 6.40. The van der Waals surface area contributed by atoms with Gasteiger partial charge in [0.1, 0.15) is 0 Å². The SMILES string of the molecule is CS(=O)(=O)c1ccc(N)c(-c2cccc3cccnc23)c1. The highest BCUT2D eigenvalue weighted by atomic mass is 32.2. The Bertz CT molecular complexity index is 929. The molecule has 3 rings (SSSR count). The number of nitrogens with two attached hydrogens (primary N) is 1. The molecule has 2 N–H and O–H groups in total. The number of benzene rings is 2. The predicted molar refractivity (Wildman–Crippen MR) is 84.7 cm³/mol. The molecule has 0 aliphatic heterocycles. The molecule has 0 saturated carbocycles. The number of pyridine rings is 1. The number of hydrogen-bond acceptors (Lipinski definition) is 4. The van der Waals surface area contributed by atoms with Crippen molar-refractivity contribution in [2.45, 2.75) is 4.90 Å². The number of nitrogens with zero attached hydrogens (tertiary/aromatic N) is 1. The molecule has 1 heterocycles. The number of rotatable bonds is 2. The average molecular weight is 298 g/mol. The van der Waals surface area contributed by atoms with Crippen LogP contribution >= 0.6 is 0 Å². The zero-order valence-corrected chi connectivity index (χ0v) is 12.3. The van der Waals surface area contributed by atoms with Crippen LogP contribution < -0.4 is 5.73 Å². The molecule has 0 radical (unpaired) electrons. The topological polar surface area (TPSA) is 73.0 Å². The van der Waals surface area contributed by atoms with Gasteiger partial charge in [-0.2, -0.15) is 0 Å². The van der Waals surface area contributed by atoms with E-state index < -0.39 is 9.84 Å². The molecule has 0 fully saturated rings. The maximum Gasteiger partial charge on any atom is 0.175 e. The molecule has 106 valence electrons. The van der Waals surface area contributed by atoms with Crippen molar-refractivity contribution in [3.63, 3.8) is 0 Å². The number of sulfone groups is 1. The van der Waals surface area contributed by atoms with Gasteiger partial charge in [-0.25, -0.2) is 8.42 Å². The Morgan fingerprint density at radius 3 is 2.52 bits per heavy atom. The van der Waals surface area contributed by atoms with E-state index in [1.807, 2.05) is 30.3 Å². The van der Waals surface area contributed by atoms with Gasteiger partial charge in [-0.05, 0) is 24.3 Å². The molecule has 0 spiro atoms. The van der Waals surface area contributed by atoms with E-state index in [1.165, 1.54) is 12.3 Å². The molecule has 0 bridgehead atoms. The number of nitrogen functional groups attached to an aromatic ring is 1. The third-order valence-electron chi connectivity index (χ3n) is 3.38. The van der Waals surface area contributed by atoms with E-state index in [4.69, 9.17) is 5.73 Å². The highest BCUT2D eigenvalue weighted by molar-refractivity contribution is 7.90. The van der Waals surface area contributed by atoms with Crippen molar-refractivity contribution >= 4 is 26.4 Å². The van der Waals surface area contributed by atoms with Gasteiger partial charge < -0.3 is 5.73 Å². The fourth-order valence-electron chi connectivity index (χ4n) is 2.32. The van der Waals surface area contributed by atoms with Crippen molar-refractivity contribution in [1.82, 2.24) is 4.98 Å². The van der Waals surface area contributed by atoms with Gasteiger partial charge in [-0.3, -0.25) is 4.98 Å². The number of fused-ring (bicyclic) bond motifs is 1. The molecule has 0 aliphatic carbocycles. The van der Waals surface area contributed by atoms with Crippen LogP contribution in [0.1, 0.15) is 0 Å². The molecule has 21 heavy (non-hydrogen) atoms. The van der Waals surface area contributed by atoms with Crippen LogP contribution in [-0.4, -0.2) is 19.7 Å². The lowest BCUT2D eigenvalue weighted by Crippen LogP contribution is -1.99. The molecule has 0 saturated heterocycles. The zero-order valence-electron chi connectivity index (χ0n) is 11.4. The molecular weight excluding hydrogens is 284 g/mol. The summed E-state index contributed by atoms with van der Waals surface area (Å²) in [7, 11) is -3.28. The molecule has 4 nitrogen and oxygen atoms in total. The summed E-state index contributed by atoms with van der Waals surface area (Å²) in [5.41, 5.74) is 8.88. The van der Waals surface area contributed by atoms with Crippen LogP contribution in [0.5, 0.6) is 0 Å². The third kappa shape index (κ3) is 2.48. The Morgan fingerprint density at radius 1 is 1.00 bits per heavy atom. The Labute approximate surface area is 123 Å². The third-order valence-corrected chi connectivity index (χ3v) is 4.49. The lowest BCUT2D eigenvalue weighted by molar-refractivity contribution is 0.602. The minimum absolute atomic E-state index is 0.250. The van der Waals surface area contributed by atoms with Crippen molar-refractivity contribution in [3.8, 4) is 11.1 Å². The molecule has 0 amide bonds.